The summed E-state index contributed by atoms with van der Waals surface area (Å²) in [7, 11) is -4.61. The molecule has 0 bridgehead atoms. The number of alkyl halides is 3. The molecular weight excluding hydrogens is 675 g/mol. The molecule has 0 unspecified atom stereocenters. The Bertz CT molecular complexity index is 1870. The van der Waals surface area contributed by atoms with Gasteiger partial charge in [0.15, 0.2) is 0 Å². The van der Waals surface area contributed by atoms with Gasteiger partial charge in [-0.2, -0.15) is 13.2 Å². The lowest BCUT2D eigenvalue weighted by atomic mass is 10.0. The Morgan fingerprint density at radius 1 is 0.837 bits per heavy atom. The van der Waals surface area contributed by atoms with Gasteiger partial charge in [0, 0.05) is 19.5 Å². The van der Waals surface area contributed by atoms with Crippen LogP contribution in [0.25, 0.3) is 0 Å². The van der Waals surface area contributed by atoms with Gasteiger partial charge in [-0.15, -0.1) is 0 Å². The molecular formula is C37H39ClF3N3O4S. The number of sulfonamides is 1. The Hall–Kier alpha value is -4.35. The van der Waals surface area contributed by atoms with Crippen molar-refractivity contribution < 1.29 is 31.2 Å². The van der Waals surface area contributed by atoms with E-state index in [9.17, 15) is 31.2 Å². The van der Waals surface area contributed by atoms with Crippen LogP contribution in [0.2, 0.25) is 5.02 Å². The molecule has 4 rings (SSSR count). The molecule has 0 aliphatic heterocycles. The van der Waals surface area contributed by atoms with E-state index >= 15 is 0 Å². The molecule has 0 aliphatic carbocycles. The van der Waals surface area contributed by atoms with Crippen LogP contribution in [0.5, 0.6) is 0 Å². The fourth-order valence-electron chi connectivity index (χ4n) is 5.24. The summed E-state index contributed by atoms with van der Waals surface area (Å²) in [5.74, 6) is -1.14. The van der Waals surface area contributed by atoms with Gasteiger partial charge in [-0.25, -0.2) is 8.42 Å². The number of nitrogens with one attached hydrogen (secondary N) is 1. The maximum atomic E-state index is 14.6. The number of carbonyl (C=O) groups is 2. The molecule has 0 fully saturated rings. The Kier molecular flexibility index (Phi) is 12.2. The van der Waals surface area contributed by atoms with Gasteiger partial charge in [-0.3, -0.25) is 13.9 Å². The van der Waals surface area contributed by atoms with Crippen LogP contribution >= 0.6 is 11.6 Å². The van der Waals surface area contributed by atoms with Crippen LogP contribution in [0, 0.1) is 19.8 Å². The number of rotatable bonds is 13. The minimum atomic E-state index is -4.90. The van der Waals surface area contributed by atoms with Crippen molar-refractivity contribution in [2.75, 3.05) is 17.4 Å². The van der Waals surface area contributed by atoms with Gasteiger partial charge < -0.3 is 10.2 Å². The highest BCUT2D eigenvalue weighted by molar-refractivity contribution is 7.92. The molecule has 1 N–H and O–H groups in total. The van der Waals surface area contributed by atoms with E-state index in [0.717, 1.165) is 28.8 Å². The summed E-state index contributed by atoms with van der Waals surface area (Å²) in [4.78, 5) is 29.5. The number of amides is 2. The third kappa shape index (κ3) is 9.86. The molecule has 1 atom stereocenters. The second-order valence-electron chi connectivity index (χ2n) is 12.3. The number of nitrogens with zero attached hydrogens (tertiary/aromatic N) is 2. The van der Waals surface area contributed by atoms with Crippen molar-refractivity contribution >= 4 is 39.1 Å². The van der Waals surface area contributed by atoms with E-state index in [1.807, 2.05) is 51.1 Å². The van der Waals surface area contributed by atoms with Crippen LogP contribution in [-0.2, 0) is 38.8 Å². The minimum absolute atomic E-state index is 0.0695. The van der Waals surface area contributed by atoms with Gasteiger partial charge in [-0.05, 0) is 61.2 Å². The molecule has 4 aromatic carbocycles. The SMILES string of the molecule is Cc1ccc(S(=O)(=O)N(CC(=O)N(Cc2cccc(C)c2)[C@@H](Cc2ccccc2)C(=O)NCC(C)C)c2ccc(Cl)c(C(F)(F)F)c2)cc1. The van der Waals surface area contributed by atoms with E-state index in [4.69, 9.17) is 11.6 Å². The first-order valence-electron chi connectivity index (χ1n) is 15.7. The smallest absolute Gasteiger partial charge is 0.354 e. The van der Waals surface area contributed by atoms with Crippen LogP contribution in [-0.4, -0.2) is 44.3 Å². The normalized spacial score (nSPS) is 12.4. The first kappa shape index (κ1) is 37.5. The van der Waals surface area contributed by atoms with Crippen molar-refractivity contribution in [3.05, 3.63) is 130 Å². The average Bonchev–Trinajstić information content (AvgIpc) is 3.04. The maximum Gasteiger partial charge on any atom is 0.417 e. The topological polar surface area (TPSA) is 86.8 Å². The lowest BCUT2D eigenvalue weighted by Gasteiger charge is -2.34. The zero-order chi connectivity index (χ0) is 35.9. The van der Waals surface area contributed by atoms with E-state index in [-0.39, 0.29) is 23.8 Å². The predicted molar refractivity (Wildman–Crippen MR) is 186 cm³/mol. The fraction of sp³-hybridized carbons (Fsp3) is 0.297. The molecule has 0 aromatic heterocycles. The third-order valence-electron chi connectivity index (χ3n) is 7.82. The van der Waals surface area contributed by atoms with Crippen LogP contribution in [0.4, 0.5) is 18.9 Å². The molecule has 0 radical (unpaired) electrons. The summed E-state index contributed by atoms with van der Waals surface area (Å²) in [6.45, 7) is 6.85. The molecule has 0 saturated carbocycles. The highest BCUT2D eigenvalue weighted by Crippen LogP contribution is 2.38. The number of hydrogen-bond acceptors (Lipinski definition) is 4. The van der Waals surface area contributed by atoms with E-state index in [1.165, 1.54) is 17.0 Å². The minimum Gasteiger partial charge on any atom is -0.354 e. The van der Waals surface area contributed by atoms with Gasteiger partial charge in [-0.1, -0.05) is 103 Å². The standard InChI is InChI=1S/C37H39ClF3N3O4S/c1-25(2)22-42-36(46)34(20-28-10-6-5-7-11-28)43(23-29-12-8-9-27(4)19-29)35(45)24-44(49(47,48)31-16-13-26(3)14-17-31)30-15-18-33(38)32(21-30)37(39,40)41/h5-19,21,25,34H,20,22-24H2,1-4H3,(H,42,46)/t34-/m0/s1. The quantitative estimate of drug-likeness (QED) is 0.155. The first-order chi connectivity index (χ1) is 23.1. The number of benzene rings is 4. The van der Waals surface area contributed by atoms with E-state index < -0.39 is 56.9 Å². The predicted octanol–water partition coefficient (Wildman–Crippen LogP) is 7.58. The van der Waals surface area contributed by atoms with Crippen molar-refractivity contribution in [2.45, 2.75) is 57.8 Å². The Morgan fingerprint density at radius 3 is 2.10 bits per heavy atom. The van der Waals surface area contributed by atoms with Crippen LogP contribution in [0.3, 0.4) is 0 Å². The van der Waals surface area contributed by atoms with Gasteiger partial charge >= 0.3 is 6.18 Å². The number of carbonyl (C=O) groups excluding carboxylic acids is 2. The number of hydrogen-bond donors (Lipinski definition) is 1. The summed E-state index contributed by atoms with van der Waals surface area (Å²) < 4.78 is 71.0. The molecule has 2 amide bonds. The monoisotopic (exact) mass is 713 g/mol. The van der Waals surface area contributed by atoms with E-state index in [0.29, 0.717) is 22.5 Å². The fourth-order valence-corrected chi connectivity index (χ4v) is 6.87. The van der Waals surface area contributed by atoms with Crippen LogP contribution in [0.15, 0.2) is 102 Å². The van der Waals surface area contributed by atoms with Crippen LogP contribution < -0.4 is 9.62 Å². The molecule has 49 heavy (non-hydrogen) atoms. The summed E-state index contributed by atoms with van der Waals surface area (Å²) in [5.41, 5.74) is 1.43. The molecule has 0 heterocycles. The zero-order valence-corrected chi connectivity index (χ0v) is 29.2. The average molecular weight is 714 g/mol. The van der Waals surface area contributed by atoms with Crippen molar-refractivity contribution in [1.29, 1.82) is 0 Å². The third-order valence-corrected chi connectivity index (χ3v) is 9.94. The molecule has 260 valence electrons. The molecule has 7 nitrogen and oxygen atoms in total. The lowest BCUT2D eigenvalue weighted by Crippen LogP contribution is -2.53. The van der Waals surface area contributed by atoms with Crippen molar-refractivity contribution in [2.24, 2.45) is 5.92 Å². The first-order valence-corrected chi connectivity index (χ1v) is 17.5. The lowest BCUT2D eigenvalue weighted by molar-refractivity contribution is -0.140. The largest absolute Gasteiger partial charge is 0.417 e. The van der Waals surface area contributed by atoms with E-state index in [2.05, 4.69) is 5.32 Å². The Morgan fingerprint density at radius 2 is 1.49 bits per heavy atom. The van der Waals surface area contributed by atoms with Crippen molar-refractivity contribution in [3.63, 3.8) is 0 Å². The summed E-state index contributed by atoms with van der Waals surface area (Å²) in [5, 5.41) is 2.28. The summed E-state index contributed by atoms with van der Waals surface area (Å²) >= 11 is 5.89. The van der Waals surface area contributed by atoms with E-state index in [1.54, 1.807) is 43.3 Å². The molecule has 0 spiro atoms. The highest BCUT2D eigenvalue weighted by Gasteiger charge is 2.37. The zero-order valence-electron chi connectivity index (χ0n) is 27.7. The Balaban J connectivity index is 1.86. The number of aryl methyl sites for hydroxylation is 2. The molecule has 12 heteroatoms. The molecule has 0 saturated heterocycles. The van der Waals surface area contributed by atoms with Gasteiger partial charge in [0.1, 0.15) is 12.6 Å². The number of anilines is 1. The number of halogens is 4. The molecule has 4 aromatic rings. The summed E-state index contributed by atoms with van der Waals surface area (Å²) in [6.07, 6.45) is -4.80. The van der Waals surface area contributed by atoms with Crippen molar-refractivity contribution in [3.8, 4) is 0 Å². The van der Waals surface area contributed by atoms with Crippen molar-refractivity contribution in [1.82, 2.24) is 10.2 Å². The van der Waals surface area contributed by atoms with Gasteiger partial charge in [0.25, 0.3) is 10.0 Å². The van der Waals surface area contributed by atoms with Gasteiger partial charge in [0.2, 0.25) is 11.8 Å². The second kappa shape index (κ2) is 15.9. The Labute approximate surface area is 290 Å². The highest BCUT2D eigenvalue weighted by atomic mass is 35.5. The maximum absolute atomic E-state index is 14.6. The molecule has 0 aliphatic rings. The summed E-state index contributed by atoms with van der Waals surface area (Å²) in [6, 6.07) is 23.7. The van der Waals surface area contributed by atoms with Crippen LogP contribution in [0.1, 0.15) is 41.7 Å². The second-order valence-corrected chi connectivity index (χ2v) is 14.6. The van der Waals surface area contributed by atoms with Gasteiger partial charge in [0.05, 0.1) is 21.2 Å².